The van der Waals surface area contributed by atoms with Gasteiger partial charge in [0, 0.05) is 104 Å². The lowest BCUT2D eigenvalue weighted by atomic mass is 10.1. The standard InChI is InChI=1S/C66H152O14Si9/c1-21-76-77-55-45-35-25-23-22-24-26-36-46-56-81(11,12)65-66-82(13,14)57-47-37-27-31-44-54-64-89(78-83(15,16)58-48-38-28-32-41-51-61-86(67-2,68-3)69-4,79-84(17,18)59-49-39-29-33-42-52-62-87(70-5,71-6)72-7)80-85(19,20)60-50-40-30-34-43-53-63-88(73-8,74-9)75-10/h21-66H2,1-20H3. The highest BCUT2D eigenvalue weighted by atomic mass is 28.5. The Balaban J connectivity index is 5.99. The van der Waals surface area contributed by atoms with Crippen LogP contribution in [0.3, 0.4) is 0 Å². The molecule has 0 fully saturated rings. The molecule has 0 aromatic heterocycles. The highest BCUT2D eigenvalue weighted by molar-refractivity contribution is 6.90. The molecule has 0 saturated carbocycles. The zero-order chi connectivity index (χ0) is 66.9. The molecule has 0 amide bonds. The molecule has 0 aliphatic carbocycles. The summed E-state index contributed by atoms with van der Waals surface area (Å²) in [7, 11) is -4.12. The van der Waals surface area contributed by atoms with Crippen LogP contribution in [0.1, 0.15) is 219 Å². The lowest BCUT2D eigenvalue weighted by Gasteiger charge is -2.45. The molecule has 14 nitrogen and oxygen atoms in total. The third kappa shape index (κ3) is 46.3. The predicted molar refractivity (Wildman–Crippen MR) is 400 cm³/mol. The van der Waals surface area contributed by atoms with Gasteiger partial charge < -0.3 is 52.2 Å². The van der Waals surface area contributed by atoms with Gasteiger partial charge in [-0.15, -0.1) is 0 Å². The molecule has 0 aliphatic rings. The van der Waals surface area contributed by atoms with Crippen LogP contribution in [0.5, 0.6) is 0 Å². The summed E-state index contributed by atoms with van der Waals surface area (Å²) in [4.78, 5) is 10.1. The molecule has 89 heavy (non-hydrogen) atoms. The number of hydrogen-bond donors (Lipinski definition) is 0. The normalized spacial score (nSPS) is 13.6. The first-order valence-electron chi connectivity index (χ1n) is 36.6. The highest BCUT2D eigenvalue weighted by Gasteiger charge is 2.52. The van der Waals surface area contributed by atoms with Crippen LogP contribution in [0.25, 0.3) is 0 Å². The summed E-state index contributed by atoms with van der Waals surface area (Å²) in [6, 6.07) is 13.1. The molecule has 0 saturated heterocycles. The molecular formula is C66H152O14Si9. The summed E-state index contributed by atoms with van der Waals surface area (Å²) in [5.74, 6) is 0. The third-order valence-electron chi connectivity index (χ3n) is 19.0. The summed E-state index contributed by atoms with van der Waals surface area (Å²) in [5.41, 5.74) is 0. The zero-order valence-electron chi connectivity index (χ0n) is 62.7. The molecule has 0 aromatic carbocycles. The van der Waals surface area contributed by atoms with Crippen LogP contribution in [-0.2, 0) is 62.0 Å². The minimum atomic E-state index is -3.10. The maximum Gasteiger partial charge on any atom is 0.500 e. The Morgan fingerprint density at radius 1 is 0.191 bits per heavy atom. The first-order valence-corrected chi connectivity index (χ1v) is 60.5. The Hall–Kier alpha value is 1.39. The van der Waals surface area contributed by atoms with Crippen LogP contribution < -0.4 is 0 Å². The maximum absolute atomic E-state index is 7.88. The molecule has 0 unspecified atom stereocenters. The van der Waals surface area contributed by atoms with E-state index in [1.54, 1.807) is 64.0 Å². The molecule has 536 valence electrons. The largest absolute Gasteiger partial charge is 0.500 e. The lowest BCUT2D eigenvalue weighted by molar-refractivity contribution is -0.291. The van der Waals surface area contributed by atoms with Gasteiger partial charge in [0.25, 0.3) is 0 Å². The summed E-state index contributed by atoms with van der Waals surface area (Å²) >= 11 is 0. The maximum atomic E-state index is 7.88. The molecule has 0 bridgehead atoms. The van der Waals surface area contributed by atoms with Gasteiger partial charge in [0.2, 0.25) is 0 Å². The van der Waals surface area contributed by atoms with Gasteiger partial charge in [-0.1, -0.05) is 230 Å². The van der Waals surface area contributed by atoms with Gasteiger partial charge in [-0.25, -0.2) is 9.78 Å². The lowest BCUT2D eigenvalue weighted by Crippen LogP contribution is -2.61. The van der Waals surface area contributed by atoms with Gasteiger partial charge in [-0.05, 0) is 96.4 Å². The van der Waals surface area contributed by atoms with Crippen molar-refractivity contribution in [2.75, 3.05) is 77.2 Å². The van der Waals surface area contributed by atoms with E-state index < -0.39 is 76.3 Å². The second kappa shape index (κ2) is 52.5. The second-order valence-electron chi connectivity index (χ2n) is 29.6. The Bertz CT molecular complexity index is 1470. The Morgan fingerprint density at radius 3 is 0.607 bits per heavy atom. The Kier molecular flexibility index (Phi) is 53.3. The van der Waals surface area contributed by atoms with Crippen molar-refractivity contribution in [3.05, 3.63) is 0 Å². The Morgan fingerprint density at radius 2 is 0.382 bits per heavy atom. The monoisotopic (exact) mass is 1420 g/mol. The number of hydrogen-bond acceptors (Lipinski definition) is 14. The van der Waals surface area contributed by atoms with Gasteiger partial charge >= 0.3 is 35.2 Å². The topological polar surface area (TPSA) is 129 Å². The van der Waals surface area contributed by atoms with Crippen molar-refractivity contribution in [1.82, 2.24) is 0 Å². The number of rotatable bonds is 68. The van der Waals surface area contributed by atoms with E-state index in [1.807, 2.05) is 6.92 Å². The van der Waals surface area contributed by atoms with Gasteiger partial charge in [0.15, 0.2) is 25.0 Å². The van der Waals surface area contributed by atoms with Gasteiger partial charge in [0.1, 0.15) is 0 Å². The van der Waals surface area contributed by atoms with Crippen LogP contribution in [0.4, 0.5) is 0 Å². The van der Waals surface area contributed by atoms with Gasteiger partial charge in [0.05, 0.1) is 13.2 Å². The average Bonchev–Trinajstić information content (AvgIpc) is 1.84. The van der Waals surface area contributed by atoms with Crippen molar-refractivity contribution in [3.8, 4) is 0 Å². The van der Waals surface area contributed by atoms with Gasteiger partial charge in [-0.2, -0.15) is 0 Å². The summed E-state index contributed by atoms with van der Waals surface area (Å²) in [5, 5.41) is 0. The summed E-state index contributed by atoms with van der Waals surface area (Å²) in [6.07, 6.45) is 41.3. The fourth-order valence-electron chi connectivity index (χ4n) is 12.8. The van der Waals surface area contributed by atoms with Crippen LogP contribution in [0.2, 0.25) is 132 Å². The van der Waals surface area contributed by atoms with Crippen molar-refractivity contribution in [1.29, 1.82) is 0 Å². The molecular weight excluding hydrogens is 1270 g/mol. The van der Waals surface area contributed by atoms with Crippen molar-refractivity contribution in [3.63, 3.8) is 0 Å². The molecule has 0 N–H and O–H groups in total. The van der Waals surface area contributed by atoms with Crippen molar-refractivity contribution >= 4 is 76.3 Å². The fraction of sp³-hybridized carbons (Fsp3) is 1.00. The molecule has 0 spiro atoms. The minimum Gasteiger partial charge on any atom is -0.417 e. The van der Waals surface area contributed by atoms with Crippen molar-refractivity contribution in [2.24, 2.45) is 0 Å². The molecule has 0 heterocycles. The molecule has 23 heteroatoms. The first kappa shape index (κ1) is 90.4. The third-order valence-corrected chi connectivity index (χ3v) is 50.6. The van der Waals surface area contributed by atoms with Gasteiger partial charge in [-0.3, -0.25) is 0 Å². The second-order valence-corrected chi connectivity index (χ2v) is 65.9. The quantitative estimate of drug-likeness (QED) is 0.0248. The van der Waals surface area contributed by atoms with Crippen LogP contribution in [0.15, 0.2) is 0 Å². The van der Waals surface area contributed by atoms with E-state index in [2.05, 4.69) is 65.5 Å². The fourth-order valence-corrected chi connectivity index (χ4v) is 44.7. The van der Waals surface area contributed by atoms with Crippen molar-refractivity contribution < 1.29 is 62.0 Å². The molecule has 0 radical (unpaired) electrons. The van der Waals surface area contributed by atoms with E-state index in [-0.39, 0.29) is 0 Å². The highest BCUT2D eigenvalue weighted by Crippen LogP contribution is 2.37. The average molecular weight is 1420 g/mol. The van der Waals surface area contributed by atoms with Crippen LogP contribution in [0, 0.1) is 0 Å². The van der Waals surface area contributed by atoms with E-state index in [0.29, 0.717) is 6.61 Å². The summed E-state index contributed by atoms with van der Waals surface area (Å²) < 4.78 is 74.9. The SMILES string of the molecule is CCOOCCCCCCCCCCC[Si](C)(C)CC[Si](C)(C)CCCCCCCC[Si](O[Si](C)(C)CCCCCCCC[Si](OC)(OC)OC)(O[Si](C)(C)CCCCCCCC[Si](OC)(OC)OC)O[Si](C)(C)CCCCCCCC[Si](OC)(OC)OC. The van der Waals surface area contributed by atoms with E-state index in [0.717, 1.165) is 81.0 Å². The molecule has 0 rings (SSSR count). The smallest absolute Gasteiger partial charge is 0.417 e. The predicted octanol–water partition coefficient (Wildman–Crippen LogP) is 21.5. The van der Waals surface area contributed by atoms with Crippen molar-refractivity contribution in [2.45, 2.75) is 351 Å². The van der Waals surface area contributed by atoms with E-state index >= 15 is 0 Å². The van der Waals surface area contributed by atoms with Crippen LogP contribution in [-0.4, -0.2) is 154 Å². The van der Waals surface area contributed by atoms with E-state index in [9.17, 15) is 0 Å². The van der Waals surface area contributed by atoms with E-state index in [1.165, 1.54) is 204 Å². The summed E-state index contributed by atoms with van der Waals surface area (Å²) in [6.45, 7) is 29.0. The van der Waals surface area contributed by atoms with Crippen LogP contribution >= 0.6 is 0 Å². The zero-order valence-corrected chi connectivity index (χ0v) is 71.7. The molecule has 0 atom stereocenters. The number of unbranched alkanes of at least 4 members (excludes halogenated alkanes) is 28. The Labute approximate surface area is 562 Å². The first-order chi connectivity index (χ1) is 42.3. The molecule has 0 aliphatic heterocycles. The van der Waals surface area contributed by atoms with E-state index in [4.69, 9.17) is 62.0 Å². The molecule has 0 aromatic rings. The minimum absolute atomic E-state index is 0.632.